The van der Waals surface area contributed by atoms with E-state index >= 15 is 0 Å². The number of anilines is 1. The second-order valence-corrected chi connectivity index (χ2v) is 5.88. The van der Waals surface area contributed by atoms with Gasteiger partial charge >= 0.3 is 5.97 Å². The van der Waals surface area contributed by atoms with E-state index in [4.69, 9.17) is 16.3 Å². The van der Waals surface area contributed by atoms with Crippen LogP contribution in [0, 0.1) is 10.1 Å². The van der Waals surface area contributed by atoms with Gasteiger partial charge in [0.15, 0.2) is 6.61 Å². The van der Waals surface area contributed by atoms with E-state index in [0.717, 1.165) is 10.5 Å². The van der Waals surface area contributed by atoms with E-state index < -0.39 is 23.4 Å². The van der Waals surface area contributed by atoms with Crippen LogP contribution in [-0.2, 0) is 9.53 Å². The van der Waals surface area contributed by atoms with Crippen LogP contribution in [0.1, 0.15) is 10.4 Å². The molecule has 0 aliphatic carbocycles. The zero-order valence-corrected chi connectivity index (χ0v) is 14.3. The highest BCUT2D eigenvalue weighted by molar-refractivity contribution is 9.10. The molecular weight excluding hydrogens is 404 g/mol. The molecule has 2 rings (SSSR count). The van der Waals surface area contributed by atoms with Crippen LogP contribution in [0.25, 0.3) is 0 Å². The SMILES string of the molecule is O=C(COC(=O)c1cc([N+](=O)[O-])ccc1Cl)Nc1ccc(Br)cc1. The highest BCUT2D eigenvalue weighted by Gasteiger charge is 2.18. The summed E-state index contributed by atoms with van der Waals surface area (Å²) in [6.45, 7) is -0.548. The lowest BCUT2D eigenvalue weighted by Crippen LogP contribution is -2.21. The van der Waals surface area contributed by atoms with Crippen LogP contribution in [0.4, 0.5) is 11.4 Å². The molecule has 0 aliphatic heterocycles. The van der Waals surface area contributed by atoms with Crippen LogP contribution in [0.15, 0.2) is 46.9 Å². The van der Waals surface area contributed by atoms with Crippen molar-refractivity contribution in [1.29, 1.82) is 0 Å². The molecule has 0 spiro atoms. The van der Waals surface area contributed by atoms with Crippen LogP contribution in [0.3, 0.4) is 0 Å². The third-order valence-electron chi connectivity index (χ3n) is 2.84. The Kier molecular flexibility index (Phi) is 5.88. The van der Waals surface area contributed by atoms with Crippen molar-refractivity contribution in [1.82, 2.24) is 0 Å². The summed E-state index contributed by atoms with van der Waals surface area (Å²) in [5.74, 6) is -1.47. The predicted molar refractivity (Wildman–Crippen MR) is 91.2 cm³/mol. The van der Waals surface area contributed by atoms with E-state index in [9.17, 15) is 19.7 Å². The van der Waals surface area contributed by atoms with Gasteiger partial charge in [0.25, 0.3) is 11.6 Å². The maximum absolute atomic E-state index is 11.9. The minimum absolute atomic E-state index is 0.00100. The fourth-order valence-electron chi connectivity index (χ4n) is 1.72. The predicted octanol–water partition coefficient (Wildman–Crippen LogP) is 3.81. The molecule has 2 aromatic carbocycles. The molecule has 1 amide bonds. The summed E-state index contributed by atoms with van der Waals surface area (Å²) in [5.41, 5.74) is 0.0561. The minimum atomic E-state index is -0.922. The first-order valence-electron chi connectivity index (χ1n) is 6.53. The summed E-state index contributed by atoms with van der Waals surface area (Å²) < 4.78 is 5.69. The number of esters is 1. The molecule has 0 atom stereocenters. The number of ether oxygens (including phenoxy) is 1. The molecule has 1 N–H and O–H groups in total. The van der Waals surface area contributed by atoms with Gasteiger partial charge in [-0.25, -0.2) is 4.79 Å². The summed E-state index contributed by atoms with van der Waals surface area (Å²) >= 11 is 9.09. The standard InChI is InChI=1S/C15H10BrClN2O5/c16-9-1-3-10(4-2-9)18-14(20)8-24-15(21)12-7-11(19(22)23)5-6-13(12)17/h1-7H,8H2,(H,18,20). The fraction of sp³-hybridized carbons (Fsp3) is 0.0667. The van der Waals surface area contributed by atoms with E-state index in [0.29, 0.717) is 5.69 Å². The Morgan fingerprint density at radius 3 is 2.50 bits per heavy atom. The molecule has 7 nitrogen and oxygen atoms in total. The molecule has 2 aromatic rings. The number of benzene rings is 2. The summed E-state index contributed by atoms with van der Waals surface area (Å²) in [4.78, 5) is 33.7. The summed E-state index contributed by atoms with van der Waals surface area (Å²) in [5, 5.41) is 13.3. The Morgan fingerprint density at radius 1 is 1.21 bits per heavy atom. The van der Waals surface area contributed by atoms with Crippen molar-refractivity contribution in [2.75, 3.05) is 11.9 Å². The average molecular weight is 414 g/mol. The molecule has 0 aromatic heterocycles. The number of carbonyl (C=O) groups is 2. The Labute approximate surface area is 149 Å². The first-order chi connectivity index (χ1) is 11.4. The van der Waals surface area contributed by atoms with Crippen molar-refractivity contribution in [2.24, 2.45) is 0 Å². The number of amides is 1. The molecule has 24 heavy (non-hydrogen) atoms. The van der Waals surface area contributed by atoms with Crippen LogP contribution in [0.5, 0.6) is 0 Å². The normalized spacial score (nSPS) is 10.1. The second kappa shape index (κ2) is 7.89. The van der Waals surface area contributed by atoms with Crippen molar-refractivity contribution in [3.63, 3.8) is 0 Å². The first-order valence-corrected chi connectivity index (χ1v) is 7.70. The maximum atomic E-state index is 11.9. The minimum Gasteiger partial charge on any atom is -0.452 e. The summed E-state index contributed by atoms with van der Waals surface area (Å²) in [6, 6.07) is 10.2. The van der Waals surface area contributed by atoms with Gasteiger partial charge in [-0.05, 0) is 30.3 Å². The molecule has 0 aliphatic rings. The van der Waals surface area contributed by atoms with Crippen molar-refractivity contribution in [3.05, 3.63) is 67.6 Å². The van der Waals surface area contributed by atoms with Crippen molar-refractivity contribution in [3.8, 4) is 0 Å². The second-order valence-electron chi connectivity index (χ2n) is 4.55. The van der Waals surface area contributed by atoms with E-state index in [1.807, 2.05) is 0 Å². The van der Waals surface area contributed by atoms with E-state index in [1.165, 1.54) is 12.1 Å². The number of nitrogens with zero attached hydrogens (tertiary/aromatic N) is 1. The molecule has 0 saturated carbocycles. The number of nitro groups is 1. The fourth-order valence-corrected chi connectivity index (χ4v) is 2.18. The lowest BCUT2D eigenvalue weighted by molar-refractivity contribution is -0.384. The van der Waals surface area contributed by atoms with Crippen LogP contribution in [0.2, 0.25) is 5.02 Å². The number of rotatable bonds is 5. The van der Waals surface area contributed by atoms with Gasteiger partial charge in [0.2, 0.25) is 0 Å². The van der Waals surface area contributed by atoms with Gasteiger partial charge < -0.3 is 10.1 Å². The van der Waals surface area contributed by atoms with Gasteiger partial charge in [-0.3, -0.25) is 14.9 Å². The number of carbonyl (C=O) groups excluding carboxylic acids is 2. The quantitative estimate of drug-likeness (QED) is 0.456. The third-order valence-corrected chi connectivity index (χ3v) is 3.70. The Hall–Kier alpha value is -2.45. The van der Waals surface area contributed by atoms with Crippen LogP contribution >= 0.6 is 27.5 Å². The van der Waals surface area contributed by atoms with Crippen molar-refractivity contribution < 1.29 is 19.2 Å². The third kappa shape index (κ3) is 4.77. The van der Waals surface area contributed by atoms with Gasteiger partial charge in [-0.15, -0.1) is 0 Å². The molecule has 9 heteroatoms. The molecule has 0 radical (unpaired) electrons. The topological polar surface area (TPSA) is 98.5 Å². The molecule has 0 saturated heterocycles. The highest BCUT2D eigenvalue weighted by atomic mass is 79.9. The molecule has 0 fully saturated rings. The number of nitrogens with one attached hydrogen (secondary N) is 1. The Morgan fingerprint density at radius 2 is 1.88 bits per heavy atom. The van der Waals surface area contributed by atoms with E-state index in [1.54, 1.807) is 24.3 Å². The molecule has 0 heterocycles. The first kappa shape index (κ1) is 17.9. The van der Waals surface area contributed by atoms with Crippen LogP contribution < -0.4 is 5.32 Å². The smallest absolute Gasteiger partial charge is 0.340 e. The Bertz CT molecular complexity index is 795. The highest BCUT2D eigenvalue weighted by Crippen LogP contribution is 2.22. The van der Waals surface area contributed by atoms with Gasteiger partial charge in [-0.1, -0.05) is 27.5 Å². The lowest BCUT2D eigenvalue weighted by Gasteiger charge is -2.07. The molecular formula is C15H10BrClN2O5. The largest absolute Gasteiger partial charge is 0.452 e. The molecule has 124 valence electrons. The van der Waals surface area contributed by atoms with Gasteiger partial charge in [0, 0.05) is 22.3 Å². The molecule has 0 bridgehead atoms. The maximum Gasteiger partial charge on any atom is 0.340 e. The monoisotopic (exact) mass is 412 g/mol. The Balaban J connectivity index is 1.97. The van der Waals surface area contributed by atoms with Gasteiger partial charge in [-0.2, -0.15) is 0 Å². The zero-order valence-electron chi connectivity index (χ0n) is 12.0. The number of nitro benzene ring substituents is 1. The summed E-state index contributed by atoms with van der Waals surface area (Å²) in [6.07, 6.45) is 0. The van der Waals surface area contributed by atoms with Gasteiger partial charge in [0.05, 0.1) is 15.5 Å². The lowest BCUT2D eigenvalue weighted by atomic mass is 10.2. The van der Waals surface area contributed by atoms with Crippen LogP contribution in [-0.4, -0.2) is 23.4 Å². The summed E-state index contributed by atoms with van der Waals surface area (Å²) in [7, 11) is 0. The molecule has 0 unspecified atom stereocenters. The zero-order chi connectivity index (χ0) is 17.7. The van der Waals surface area contributed by atoms with E-state index in [2.05, 4.69) is 21.2 Å². The number of non-ortho nitro benzene ring substituents is 1. The van der Waals surface area contributed by atoms with Crippen molar-refractivity contribution in [2.45, 2.75) is 0 Å². The number of hydrogen-bond donors (Lipinski definition) is 1. The van der Waals surface area contributed by atoms with Crippen molar-refractivity contribution >= 4 is 50.8 Å². The average Bonchev–Trinajstić information content (AvgIpc) is 2.55. The number of halogens is 2. The number of hydrogen-bond acceptors (Lipinski definition) is 5. The van der Waals surface area contributed by atoms with Gasteiger partial charge in [0.1, 0.15) is 0 Å². The van der Waals surface area contributed by atoms with E-state index in [-0.39, 0.29) is 16.3 Å².